The summed E-state index contributed by atoms with van der Waals surface area (Å²) in [4.78, 5) is 12.6. The maximum atomic E-state index is 12.6. The lowest BCUT2D eigenvalue weighted by atomic mass is 9.63. The van der Waals surface area contributed by atoms with Crippen molar-refractivity contribution in [3.8, 4) is 0 Å². The second kappa shape index (κ2) is 4.67. The number of hydrogen-bond donors (Lipinski definition) is 2. The lowest BCUT2D eigenvalue weighted by molar-refractivity contribution is -0.123. The number of hydrogen-bond acceptors (Lipinski definition) is 2. The molecular formula is C16H20N2O. The smallest absolute Gasteiger partial charge is 0.237 e. The zero-order chi connectivity index (χ0) is 14.1. The number of para-hydroxylation sites is 1. The highest BCUT2D eigenvalue weighted by atomic mass is 16.2. The molecule has 19 heavy (non-hydrogen) atoms. The quantitative estimate of drug-likeness (QED) is 0.796. The number of allylic oxidation sites excluding steroid dienone is 1. The molecule has 1 aromatic rings. The van der Waals surface area contributed by atoms with Crippen LogP contribution in [-0.4, -0.2) is 11.4 Å². The van der Waals surface area contributed by atoms with Gasteiger partial charge in [0.2, 0.25) is 5.91 Å². The van der Waals surface area contributed by atoms with E-state index in [2.05, 4.69) is 18.5 Å². The summed E-state index contributed by atoms with van der Waals surface area (Å²) >= 11 is 0. The fourth-order valence-corrected chi connectivity index (χ4v) is 3.01. The molecule has 2 atom stereocenters. The van der Waals surface area contributed by atoms with Gasteiger partial charge in [-0.1, -0.05) is 30.4 Å². The van der Waals surface area contributed by atoms with Gasteiger partial charge in [0.25, 0.3) is 0 Å². The molecule has 0 radical (unpaired) electrons. The maximum Gasteiger partial charge on any atom is 0.237 e. The first-order valence-electron chi connectivity index (χ1n) is 6.41. The molecule has 0 saturated heterocycles. The summed E-state index contributed by atoms with van der Waals surface area (Å²) in [7, 11) is 0. The minimum absolute atomic E-state index is 0.0551. The molecule has 0 fully saturated rings. The third-order valence-corrected chi connectivity index (χ3v) is 4.02. The van der Waals surface area contributed by atoms with Crippen LogP contribution in [0.25, 0.3) is 0 Å². The largest absolute Gasteiger partial charge is 0.325 e. The van der Waals surface area contributed by atoms with Crippen LogP contribution >= 0.6 is 0 Å². The van der Waals surface area contributed by atoms with Crippen molar-refractivity contribution in [2.45, 2.75) is 30.7 Å². The number of nitrogens with one attached hydrogen (secondary N) is 1. The normalized spacial score (nSPS) is 24.2. The van der Waals surface area contributed by atoms with Gasteiger partial charge in [-0.15, -0.1) is 13.2 Å². The molecule has 1 heterocycles. The third kappa shape index (κ3) is 1.81. The van der Waals surface area contributed by atoms with Gasteiger partial charge in [0.1, 0.15) is 0 Å². The first kappa shape index (κ1) is 13.6. The third-order valence-electron chi connectivity index (χ3n) is 4.02. The summed E-state index contributed by atoms with van der Waals surface area (Å²) < 4.78 is 0. The molecule has 3 heteroatoms. The molecule has 1 aliphatic rings. The number of benzene rings is 1. The van der Waals surface area contributed by atoms with Gasteiger partial charge in [-0.3, -0.25) is 4.79 Å². The highest BCUT2D eigenvalue weighted by Crippen LogP contribution is 2.47. The van der Waals surface area contributed by atoms with E-state index in [-0.39, 0.29) is 5.91 Å². The maximum absolute atomic E-state index is 12.6. The van der Waals surface area contributed by atoms with Gasteiger partial charge in [0.05, 0.1) is 5.41 Å². The number of amides is 1. The molecule has 0 saturated carbocycles. The van der Waals surface area contributed by atoms with Crippen molar-refractivity contribution in [2.24, 2.45) is 5.73 Å². The minimum Gasteiger partial charge on any atom is -0.325 e. The average molecular weight is 256 g/mol. The molecule has 0 aromatic heterocycles. The van der Waals surface area contributed by atoms with Crippen LogP contribution in [0.5, 0.6) is 0 Å². The van der Waals surface area contributed by atoms with Crippen molar-refractivity contribution >= 4 is 11.6 Å². The fraction of sp³-hybridized carbons (Fsp3) is 0.312. The van der Waals surface area contributed by atoms with Crippen molar-refractivity contribution in [3.05, 3.63) is 55.1 Å². The van der Waals surface area contributed by atoms with E-state index in [4.69, 9.17) is 5.73 Å². The van der Waals surface area contributed by atoms with Gasteiger partial charge < -0.3 is 11.1 Å². The summed E-state index contributed by atoms with van der Waals surface area (Å²) in [5.41, 5.74) is 6.79. The Hall–Kier alpha value is -1.87. The number of rotatable bonds is 5. The van der Waals surface area contributed by atoms with E-state index < -0.39 is 11.0 Å². The zero-order valence-corrected chi connectivity index (χ0v) is 11.3. The van der Waals surface area contributed by atoms with Crippen LogP contribution < -0.4 is 11.1 Å². The molecule has 2 unspecified atom stereocenters. The van der Waals surface area contributed by atoms with Crippen LogP contribution in [0.2, 0.25) is 0 Å². The monoisotopic (exact) mass is 256 g/mol. The Morgan fingerprint density at radius 3 is 2.68 bits per heavy atom. The minimum atomic E-state index is -0.778. The Kier molecular flexibility index (Phi) is 3.33. The van der Waals surface area contributed by atoms with Crippen molar-refractivity contribution in [1.82, 2.24) is 0 Å². The highest BCUT2D eigenvalue weighted by Gasteiger charge is 2.55. The fourth-order valence-electron chi connectivity index (χ4n) is 3.01. The van der Waals surface area contributed by atoms with Crippen molar-refractivity contribution in [2.75, 3.05) is 5.32 Å². The Bertz CT molecular complexity index is 533. The second-order valence-corrected chi connectivity index (χ2v) is 5.31. The van der Waals surface area contributed by atoms with Crippen LogP contribution in [0.15, 0.2) is 49.6 Å². The standard InChI is InChI=1S/C16H20N2O/c1-4-10-15(3,17)16(11-5-2)12-8-6-7-9-13(12)18-14(16)19/h4-9H,1-2,10-11,17H2,3H3,(H,18,19). The number of carbonyl (C=O) groups is 1. The lowest BCUT2D eigenvalue weighted by Gasteiger charge is -2.41. The predicted molar refractivity (Wildman–Crippen MR) is 79.0 cm³/mol. The molecule has 1 aromatic carbocycles. The van der Waals surface area contributed by atoms with E-state index in [1.165, 1.54) is 0 Å². The number of fused-ring (bicyclic) bond motifs is 1. The molecule has 3 N–H and O–H groups in total. The number of carbonyl (C=O) groups excluding carboxylic acids is 1. The molecule has 0 aliphatic carbocycles. The van der Waals surface area contributed by atoms with E-state index in [0.717, 1.165) is 11.3 Å². The molecule has 1 amide bonds. The zero-order valence-electron chi connectivity index (χ0n) is 11.3. The molecular weight excluding hydrogens is 236 g/mol. The van der Waals surface area contributed by atoms with Crippen molar-refractivity contribution in [3.63, 3.8) is 0 Å². The summed E-state index contributed by atoms with van der Waals surface area (Å²) in [5.74, 6) is -0.0551. The van der Waals surface area contributed by atoms with E-state index in [0.29, 0.717) is 12.8 Å². The van der Waals surface area contributed by atoms with E-state index in [9.17, 15) is 4.79 Å². The Labute approximate surface area is 114 Å². The Morgan fingerprint density at radius 2 is 2.05 bits per heavy atom. The van der Waals surface area contributed by atoms with Crippen molar-refractivity contribution in [1.29, 1.82) is 0 Å². The first-order chi connectivity index (χ1) is 8.99. The Balaban J connectivity index is 2.66. The van der Waals surface area contributed by atoms with Crippen LogP contribution in [0.1, 0.15) is 25.3 Å². The average Bonchev–Trinajstić information content (AvgIpc) is 2.64. The molecule has 0 bridgehead atoms. The first-order valence-corrected chi connectivity index (χ1v) is 6.41. The summed E-state index contributed by atoms with van der Waals surface area (Å²) in [6.45, 7) is 9.44. The van der Waals surface area contributed by atoms with Crippen molar-refractivity contribution < 1.29 is 4.79 Å². The van der Waals surface area contributed by atoms with E-state index >= 15 is 0 Å². The lowest BCUT2D eigenvalue weighted by Crippen LogP contribution is -2.59. The summed E-state index contributed by atoms with van der Waals surface area (Å²) in [6.07, 6.45) is 4.59. The number of nitrogens with two attached hydrogens (primary N) is 1. The highest BCUT2D eigenvalue weighted by molar-refractivity contribution is 6.07. The molecule has 3 nitrogen and oxygen atoms in total. The van der Waals surface area contributed by atoms with Gasteiger partial charge >= 0.3 is 0 Å². The molecule has 0 spiro atoms. The SMILES string of the molecule is C=CCC(C)(N)C1(CC=C)C(=O)Nc2ccccc21. The van der Waals surface area contributed by atoms with Gasteiger partial charge in [0.15, 0.2) is 0 Å². The van der Waals surface area contributed by atoms with Crippen LogP contribution in [0.3, 0.4) is 0 Å². The van der Waals surface area contributed by atoms with Crippen LogP contribution in [-0.2, 0) is 10.2 Å². The van der Waals surface area contributed by atoms with E-state index in [1.54, 1.807) is 12.2 Å². The second-order valence-electron chi connectivity index (χ2n) is 5.31. The molecule has 100 valence electrons. The van der Waals surface area contributed by atoms with Gasteiger partial charge in [-0.05, 0) is 31.4 Å². The topological polar surface area (TPSA) is 55.1 Å². The van der Waals surface area contributed by atoms with Crippen LogP contribution in [0.4, 0.5) is 5.69 Å². The van der Waals surface area contributed by atoms with Crippen LogP contribution in [0, 0.1) is 0 Å². The summed E-state index contributed by atoms with van der Waals surface area (Å²) in [5, 5.41) is 2.94. The predicted octanol–water partition coefficient (Wildman–Crippen LogP) is 2.75. The van der Waals surface area contributed by atoms with E-state index in [1.807, 2.05) is 31.2 Å². The van der Waals surface area contributed by atoms with Gasteiger partial charge in [-0.2, -0.15) is 0 Å². The van der Waals surface area contributed by atoms with Gasteiger partial charge in [-0.25, -0.2) is 0 Å². The number of anilines is 1. The molecule has 2 rings (SSSR count). The Morgan fingerprint density at radius 1 is 1.37 bits per heavy atom. The van der Waals surface area contributed by atoms with Gasteiger partial charge in [0, 0.05) is 11.2 Å². The summed E-state index contributed by atoms with van der Waals surface area (Å²) in [6, 6.07) is 7.71. The molecule has 1 aliphatic heterocycles.